The van der Waals surface area contributed by atoms with Gasteiger partial charge in [-0.15, -0.1) is 11.3 Å². The SMILES string of the molecule is Cc1ccc(F)c(C(Cc2ccc(Cl)s2)NN)c1F. The molecule has 2 aromatic rings. The first kappa shape index (κ1) is 14.4. The number of hydrogen-bond acceptors (Lipinski definition) is 3. The Balaban J connectivity index is 2.34. The smallest absolute Gasteiger partial charge is 0.133 e. The summed E-state index contributed by atoms with van der Waals surface area (Å²) in [5.74, 6) is 4.27. The third-order valence-corrected chi connectivity index (χ3v) is 4.16. The van der Waals surface area contributed by atoms with Crippen LogP contribution in [0.4, 0.5) is 8.78 Å². The molecule has 1 unspecified atom stereocenters. The van der Waals surface area contributed by atoms with Crippen LogP contribution in [0.25, 0.3) is 0 Å². The van der Waals surface area contributed by atoms with Crippen LogP contribution in [-0.4, -0.2) is 0 Å². The van der Waals surface area contributed by atoms with Crippen molar-refractivity contribution in [3.63, 3.8) is 0 Å². The van der Waals surface area contributed by atoms with Gasteiger partial charge in [-0.3, -0.25) is 11.3 Å². The van der Waals surface area contributed by atoms with E-state index in [1.54, 1.807) is 13.0 Å². The monoisotopic (exact) mass is 302 g/mol. The van der Waals surface area contributed by atoms with Crippen LogP contribution >= 0.6 is 22.9 Å². The van der Waals surface area contributed by atoms with Crippen molar-refractivity contribution in [3.05, 3.63) is 56.2 Å². The second-order valence-corrected chi connectivity index (χ2v) is 6.02. The van der Waals surface area contributed by atoms with Gasteiger partial charge in [0.2, 0.25) is 0 Å². The van der Waals surface area contributed by atoms with E-state index >= 15 is 0 Å². The second kappa shape index (κ2) is 5.96. The van der Waals surface area contributed by atoms with Crippen LogP contribution in [0.15, 0.2) is 24.3 Å². The van der Waals surface area contributed by atoms with E-state index in [9.17, 15) is 8.78 Å². The van der Waals surface area contributed by atoms with Gasteiger partial charge in [0.15, 0.2) is 0 Å². The van der Waals surface area contributed by atoms with Crippen molar-refractivity contribution >= 4 is 22.9 Å². The van der Waals surface area contributed by atoms with Crippen LogP contribution < -0.4 is 11.3 Å². The number of benzene rings is 1. The number of nitrogens with two attached hydrogens (primary N) is 1. The molecule has 19 heavy (non-hydrogen) atoms. The van der Waals surface area contributed by atoms with E-state index in [1.165, 1.54) is 23.5 Å². The van der Waals surface area contributed by atoms with Crippen molar-refractivity contribution in [2.75, 3.05) is 0 Å². The van der Waals surface area contributed by atoms with E-state index < -0.39 is 17.7 Å². The molecule has 1 heterocycles. The number of halogens is 3. The number of nitrogens with one attached hydrogen (secondary N) is 1. The van der Waals surface area contributed by atoms with Gasteiger partial charge in [-0.2, -0.15) is 0 Å². The summed E-state index contributed by atoms with van der Waals surface area (Å²) in [6.07, 6.45) is 0.380. The van der Waals surface area contributed by atoms with Gasteiger partial charge in [0, 0.05) is 16.9 Å². The Morgan fingerprint density at radius 2 is 2.05 bits per heavy atom. The lowest BCUT2D eigenvalue weighted by Crippen LogP contribution is -2.31. The average molecular weight is 303 g/mol. The van der Waals surface area contributed by atoms with E-state index in [0.717, 1.165) is 4.88 Å². The van der Waals surface area contributed by atoms with E-state index in [1.807, 2.05) is 6.07 Å². The molecule has 6 heteroatoms. The molecule has 0 saturated carbocycles. The van der Waals surface area contributed by atoms with Crippen LogP contribution in [0.5, 0.6) is 0 Å². The summed E-state index contributed by atoms with van der Waals surface area (Å²) >= 11 is 7.21. The first-order valence-corrected chi connectivity index (χ1v) is 6.87. The first-order chi connectivity index (χ1) is 9.02. The van der Waals surface area contributed by atoms with Crippen LogP contribution in [0, 0.1) is 18.6 Å². The van der Waals surface area contributed by atoms with Crippen molar-refractivity contribution in [3.8, 4) is 0 Å². The van der Waals surface area contributed by atoms with Crippen LogP contribution in [-0.2, 0) is 6.42 Å². The highest BCUT2D eigenvalue weighted by Crippen LogP contribution is 2.29. The summed E-state index contributed by atoms with van der Waals surface area (Å²) in [5.41, 5.74) is 2.82. The first-order valence-electron chi connectivity index (χ1n) is 5.67. The highest BCUT2D eigenvalue weighted by Gasteiger charge is 2.21. The summed E-state index contributed by atoms with van der Waals surface area (Å²) < 4.78 is 28.5. The van der Waals surface area contributed by atoms with Gasteiger partial charge in [0.05, 0.1) is 10.4 Å². The highest BCUT2D eigenvalue weighted by atomic mass is 35.5. The topological polar surface area (TPSA) is 38.0 Å². The number of hydrazine groups is 1. The zero-order valence-electron chi connectivity index (χ0n) is 10.2. The predicted octanol–water partition coefficient (Wildman–Crippen LogP) is 3.74. The van der Waals surface area contributed by atoms with Crippen LogP contribution in [0.3, 0.4) is 0 Å². The van der Waals surface area contributed by atoms with Gasteiger partial charge in [-0.25, -0.2) is 8.78 Å². The molecule has 2 nitrogen and oxygen atoms in total. The quantitative estimate of drug-likeness (QED) is 0.667. The molecular formula is C13H13ClF2N2S. The van der Waals surface area contributed by atoms with Crippen molar-refractivity contribution in [2.45, 2.75) is 19.4 Å². The zero-order valence-corrected chi connectivity index (χ0v) is 11.8. The minimum atomic E-state index is -0.630. The maximum atomic E-state index is 14.0. The number of aryl methyl sites for hydroxylation is 1. The fourth-order valence-electron chi connectivity index (χ4n) is 1.90. The minimum absolute atomic E-state index is 0.0352. The van der Waals surface area contributed by atoms with Crippen LogP contribution in [0.2, 0.25) is 4.34 Å². The van der Waals surface area contributed by atoms with Crippen molar-refractivity contribution < 1.29 is 8.78 Å². The van der Waals surface area contributed by atoms with E-state index in [0.29, 0.717) is 16.3 Å². The maximum absolute atomic E-state index is 14.0. The highest BCUT2D eigenvalue weighted by molar-refractivity contribution is 7.16. The zero-order chi connectivity index (χ0) is 14.0. The number of rotatable bonds is 4. The molecule has 0 fully saturated rings. The Kier molecular flexibility index (Phi) is 4.52. The van der Waals surface area contributed by atoms with Gasteiger partial charge in [0.25, 0.3) is 0 Å². The normalized spacial score (nSPS) is 12.7. The molecule has 102 valence electrons. The third kappa shape index (κ3) is 3.12. The van der Waals surface area contributed by atoms with E-state index in [4.69, 9.17) is 17.4 Å². The fourth-order valence-corrected chi connectivity index (χ4v) is 3.04. The van der Waals surface area contributed by atoms with Gasteiger partial charge in [0.1, 0.15) is 11.6 Å². The summed E-state index contributed by atoms with van der Waals surface area (Å²) in [7, 11) is 0. The van der Waals surface area contributed by atoms with Gasteiger partial charge in [-0.1, -0.05) is 17.7 Å². The standard InChI is InChI=1S/C13H13ClF2N2S/c1-7-2-4-9(15)12(13(7)16)10(18-17)6-8-3-5-11(14)19-8/h2-5,10,18H,6,17H2,1H3. The summed E-state index contributed by atoms with van der Waals surface area (Å²) in [4.78, 5) is 0.910. The fraction of sp³-hybridized carbons (Fsp3) is 0.231. The molecule has 1 aromatic heterocycles. The van der Waals surface area contributed by atoms with Crippen LogP contribution in [0.1, 0.15) is 22.0 Å². The molecule has 0 aliphatic carbocycles. The van der Waals surface area contributed by atoms with Crippen molar-refractivity contribution in [1.82, 2.24) is 5.43 Å². The Morgan fingerprint density at radius 1 is 1.32 bits per heavy atom. The lowest BCUT2D eigenvalue weighted by atomic mass is 10.00. The third-order valence-electron chi connectivity index (χ3n) is 2.90. The molecule has 0 amide bonds. The maximum Gasteiger partial charge on any atom is 0.133 e. The van der Waals surface area contributed by atoms with Gasteiger partial charge >= 0.3 is 0 Å². The largest absolute Gasteiger partial charge is 0.271 e. The molecule has 1 aromatic carbocycles. The molecular weight excluding hydrogens is 290 g/mol. The molecule has 0 bridgehead atoms. The molecule has 2 rings (SSSR count). The molecule has 1 atom stereocenters. The molecule has 0 saturated heterocycles. The molecule has 0 aliphatic rings. The molecule has 0 spiro atoms. The van der Waals surface area contributed by atoms with Crippen molar-refractivity contribution in [2.24, 2.45) is 5.84 Å². The summed E-state index contributed by atoms with van der Waals surface area (Å²) in [5, 5.41) is 0. The number of thiophene rings is 1. The second-order valence-electron chi connectivity index (χ2n) is 4.22. The molecule has 0 radical (unpaired) electrons. The summed E-state index contributed by atoms with van der Waals surface area (Å²) in [6.45, 7) is 1.59. The molecule has 0 aliphatic heterocycles. The predicted molar refractivity (Wildman–Crippen MR) is 74.2 cm³/mol. The van der Waals surface area contributed by atoms with E-state index in [-0.39, 0.29) is 5.56 Å². The van der Waals surface area contributed by atoms with Gasteiger partial charge in [-0.05, 0) is 30.7 Å². The summed E-state index contributed by atoms with van der Waals surface area (Å²) in [6, 6.07) is 5.60. The Hall–Kier alpha value is -1.01. The Labute approximate surface area is 119 Å². The minimum Gasteiger partial charge on any atom is -0.271 e. The van der Waals surface area contributed by atoms with Crippen molar-refractivity contribution in [1.29, 1.82) is 0 Å². The number of hydrogen-bond donors (Lipinski definition) is 2. The lowest BCUT2D eigenvalue weighted by Gasteiger charge is -2.18. The lowest BCUT2D eigenvalue weighted by molar-refractivity contribution is 0.472. The average Bonchev–Trinajstić information content (AvgIpc) is 2.78. The Morgan fingerprint density at radius 3 is 2.63 bits per heavy atom. The molecule has 3 N–H and O–H groups in total. The van der Waals surface area contributed by atoms with E-state index in [2.05, 4.69) is 5.43 Å². The van der Waals surface area contributed by atoms with Gasteiger partial charge < -0.3 is 0 Å². The Bertz CT molecular complexity index is 586.